The van der Waals surface area contributed by atoms with Crippen molar-refractivity contribution in [3.63, 3.8) is 0 Å². The second-order valence-electron chi connectivity index (χ2n) is 12.8. The molecule has 0 radical (unpaired) electrons. The van der Waals surface area contributed by atoms with Gasteiger partial charge in [-0.25, -0.2) is 0 Å². The van der Waals surface area contributed by atoms with Gasteiger partial charge < -0.3 is 29.7 Å². The standard InChI is InChI=1S/C35H49N3O7/c1-8-11-15-27(40)36-19-24(7)44-34(43)28-26-16-17-35(45-26)29(28)32(41)38(25(20-39)21(4)10-3)31(35)33(42)37(18-9-2)30-22(5)13-12-14-23(30)6/h8-9,12-14,21,24-26,28-29,31,39H,1-2,10-11,15-20H2,3-7H3,(H,36,40)/t21-,24+,25-,26-,28+,29+,31-,35+/m0/s1. The number of nitrogens with one attached hydrogen (secondary N) is 1. The zero-order valence-corrected chi connectivity index (χ0v) is 27.3. The van der Waals surface area contributed by atoms with Gasteiger partial charge in [0.15, 0.2) is 0 Å². The molecule has 8 atom stereocenters. The first kappa shape index (κ1) is 34.4. The number of nitrogens with zero attached hydrogens (tertiary/aromatic N) is 2. The number of ether oxygens (including phenoxy) is 2. The highest BCUT2D eigenvalue weighted by molar-refractivity contribution is 6.05. The molecule has 3 aliphatic heterocycles. The molecule has 1 aromatic rings. The number of anilines is 1. The van der Waals surface area contributed by atoms with Gasteiger partial charge in [0, 0.05) is 18.7 Å². The van der Waals surface area contributed by atoms with Gasteiger partial charge >= 0.3 is 5.97 Å². The van der Waals surface area contributed by atoms with Gasteiger partial charge in [0.05, 0.1) is 37.1 Å². The van der Waals surface area contributed by atoms with Crippen LogP contribution in [0.1, 0.15) is 64.0 Å². The number of benzene rings is 1. The zero-order valence-electron chi connectivity index (χ0n) is 27.3. The SMILES string of the molecule is C=CCCC(=O)NC[C@@H](C)OC(=O)[C@@H]1[C@@H]2CC[C@]3(O2)[C@H](C(=O)N(CC=C)c2c(C)cccc2C)N([C@@H](CO)[C@@H](C)CC)C(=O)[C@@H]13. The second-order valence-corrected chi connectivity index (χ2v) is 12.8. The van der Waals surface area contributed by atoms with Gasteiger partial charge in [-0.15, -0.1) is 13.2 Å². The smallest absolute Gasteiger partial charge is 0.312 e. The van der Waals surface area contributed by atoms with E-state index >= 15 is 0 Å². The summed E-state index contributed by atoms with van der Waals surface area (Å²) in [5.74, 6) is -3.41. The Morgan fingerprint density at radius 3 is 2.51 bits per heavy atom. The van der Waals surface area contributed by atoms with Gasteiger partial charge in [-0.05, 0) is 57.1 Å². The Bertz CT molecular complexity index is 1290. The molecule has 3 fully saturated rings. The maximum Gasteiger partial charge on any atom is 0.312 e. The van der Waals surface area contributed by atoms with E-state index in [-0.39, 0.29) is 43.3 Å². The van der Waals surface area contributed by atoms with Gasteiger partial charge in [0.1, 0.15) is 17.7 Å². The number of fused-ring (bicyclic) bond motifs is 1. The fraction of sp³-hybridized carbons (Fsp3) is 0.600. The Kier molecular flexibility index (Phi) is 10.9. The minimum Gasteiger partial charge on any atom is -0.460 e. The van der Waals surface area contributed by atoms with Crippen LogP contribution in [-0.2, 0) is 28.7 Å². The van der Waals surface area contributed by atoms with Crippen molar-refractivity contribution in [2.45, 2.75) is 96.6 Å². The van der Waals surface area contributed by atoms with Gasteiger partial charge in [0.2, 0.25) is 11.8 Å². The number of para-hydroxylation sites is 1. The number of amides is 3. The number of esters is 1. The van der Waals surface area contributed by atoms with Crippen LogP contribution in [-0.4, -0.2) is 83.3 Å². The maximum absolute atomic E-state index is 14.9. The van der Waals surface area contributed by atoms with E-state index in [1.54, 1.807) is 24.0 Å². The number of aliphatic hydroxyl groups is 1. The van der Waals surface area contributed by atoms with Crippen LogP contribution < -0.4 is 10.2 Å². The van der Waals surface area contributed by atoms with Crippen LogP contribution in [0.2, 0.25) is 0 Å². The van der Waals surface area contributed by atoms with Crippen LogP contribution in [0.4, 0.5) is 5.69 Å². The largest absolute Gasteiger partial charge is 0.460 e. The minimum absolute atomic E-state index is 0.121. The predicted octanol–water partition coefficient (Wildman–Crippen LogP) is 3.62. The summed E-state index contributed by atoms with van der Waals surface area (Å²) in [6, 6.07) is 4.11. The van der Waals surface area contributed by atoms with Crippen LogP contribution in [0.5, 0.6) is 0 Å². The minimum atomic E-state index is -1.25. The monoisotopic (exact) mass is 623 g/mol. The van der Waals surface area contributed by atoms with E-state index in [2.05, 4.69) is 18.5 Å². The molecule has 4 rings (SSSR count). The number of likely N-dealkylation sites (tertiary alicyclic amines) is 1. The third-order valence-electron chi connectivity index (χ3n) is 9.86. The number of aliphatic hydroxyl groups excluding tert-OH is 1. The average Bonchev–Trinajstić information content (AvgIpc) is 3.66. The van der Waals surface area contributed by atoms with E-state index in [1.807, 2.05) is 45.9 Å². The summed E-state index contributed by atoms with van der Waals surface area (Å²) in [5, 5.41) is 13.4. The fourth-order valence-corrected chi connectivity index (χ4v) is 7.51. The summed E-state index contributed by atoms with van der Waals surface area (Å²) in [5.41, 5.74) is 1.30. The molecule has 10 heteroatoms. The lowest BCUT2D eigenvalue weighted by Crippen LogP contribution is -2.60. The number of allylic oxidation sites excluding steroid dienone is 1. The fourth-order valence-electron chi connectivity index (χ4n) is 7.51. The molecule has 1 spiro atoms. The summed E-state index contributed by atoms with van der Waals surface area (Å²) in [6.07, 6.45) is 4.52. The van der Waals surface area contributed by atoms with E-state index in [4.69, 9.17) is 9.47 Å². The summed E-state index contributed by atoms with van der Waals surface area (Å²) in [6.45, 7) is 17.0. The first-order chi connectivity index (χ1) is 21.5. The van der Waals surface area contributed by atoms with Crippen LogP contribution in [0.15, 0.2) is 43.5 Å². The number of rotatable bonds is 15. The molecule has 10 nitrogen and oxygen atoms in total. The lowest BCUT2D eigenvalue weighted by atomic mass is 9.70. The molecule has 2 bridgehead atoms. The quantitative estimate of drug-likeness (QED) is 0.226. The van der Waals surface area contributed by atoms with E-state index in [1.165, 1.54) is 4.90 Å². The Balaban J connectivity index is 1.71. The number of carbonyl (C=O) groups is 4. The third-order valence-corrected chi connectivity index (χ3v) is 9.86. The molecule has 1 aromatic carbocycles. The van der Waals surface area contributed by atoms with Crippen LogP contribution in [0.3, 0.4) is 0 Å². The molecule has 0 aromatic heterocycles. The number of hydrogen-bond donors (Lipinski definition) is 2. The first-order valence-electron chi connectivity index (χ1n) is 16.1. The number of carbonyl (C=O) groups excluding carboxylic acids is 4. The molecule has 0 aliphatic carbocycles. The van der Waals surface area contributed by atoms with Crippen molar-refractivity contribution in [3.05, 3.63) is 54.6 Å². The molecule has 0 saturated carbocycles. The second kappa shape index (κ2) is 14.3. The van der Waals surface area contributed by atoms with Gasteiger partial charge in [-0.3, -0.25) is 19.2 Å². The van der Waals surface area contributed by atoms with Crippen molar-refractivity contribution in [1.82, 2.24) is 10.2 Å². The summed E-state index contributed by atoms with van der Waals surface area (Å²) in [4.78, 5) is 58.4. The Morgan fingerprint density at radius 1 is 1.22 bits per heavy atom. The highest BCUT2D eigenvalue weighted by atomic mass is 16.6. The van der Waals surface area contributed by atoms with Crippen LogP contribution in [0, 0.1) is 31.6 Å². The van der Waals surface area contributed by atoms with E-state index in [9.17, 15) is 24.3 Å². The number of hydrogen-bond acceptors (Lipinski definition) is 7. The van der Waals surface area contributed by atoms with Crippen molar-refractivity contribution in [3.8, 4) is 0 Å². The van der Waals surface area contributed by atoms with Gasteiger partial charge in [0.25, 0.3) is 5.91 Å². The molecule has 45 heavy (non-hydrogen) atoms. The van der Waals surface area contributed by atoms with Crippen molar-refractivity contribution in [2.75, 3.05) is 24.6 Å². The summed E-state index contributed by atoms with van der Waals surface area (Å²) >= 11 is 0. The van der Waals surface area contributed by atoms with Gasteiger partial charge in [-0.1, -0.05) is 50.6 Å². The molecular formula is C35H49N3O7. The van der Waals surface area contributed by atoms with Crippen molar-refractivity contribution >= 4 is 29.4 Å². The molecule has 0 unspecified atom stereocenters. The molecule has 3 amide bonds. The molecule has 3 saturated heterocycles. The molecule has 246 valence electrons. The maximum atomic E-state index is 14.9. The average molecular weight is 624 g/mol. The van der Waals surface area contributed by atoms with Gasteiger partial charge in [-0.2, -0.15) is 0 Å². The topological polar surface area (TPSA) is 125 Å². The Hall–Kier alpha value is -3.50. The third kappa shape index (κ3) is 6.31. The highest BCUT2D eigenvalue weighted by Crippen LogP contribution is 2.59. The van der Waals surface area contributed by atoms with E-state index in [0.29, 0.717) is 32.1 Å². The molecule has 3 heterocycles. The lowest BCUT2D eigenvalue weighted by molar-refractivity contribution is -0.160. The first-order valence-corrected chi connectivity index (χ1v) is 16.1. The zero-order chi connectivity index (χ0) is 33.1. The Labute approximate surface area is 266 Å². The van der Waals surface area contributed by atoms with Crippen LogP contribution in [0.25, 0.3) is 0 Å². The lowest BCUT2D eigenvalue weighted by Gasteiger charge is -2.41. The van der Waals surface area contributed by atoms with E-state index < -0.39 is 47.7 Å². The van der Waals surface area contributed by atoms with Crippen LogP contribution >= 0.6 is 0 Å². The molecular weight excluding hydrogens is 574 g/mol. The highest BCUT2D eigenvalue weighted by Gasteiger charge is 2.76. The van der Waals surface area contributed by atoms with Crippen molar-refractivity contribution < 1.29 is 33.8 Å². The summed E-state index contributed by atoms with van der Waals surface area (Å²) in [7, 11) is 0. The molecule has 3 aliphatic rings. The normalized spacial score (nSPS) is 27.0. The number of aryl methyl sites for hydroxylation is 2. The van der Waals surface area contributed by atoms with Crippen molar-refractivity contribution in [1.29, 1.82) is 0 Å². The summed E-state index contributed by atoms with van der Waals surface area (Å²) < 4.78 is 12.4. The molecule has 2 N–H and O–H groups in total. The van der Waals surface area contributed by atoms with E-state index in [0.717, 1.165) is 16.8 Å². The van der Waals surface area contributed by atoms with Crippen molar-refractivity contribution in [2.24, 2.45) is 17.8 Å². The predicted molar refractivity (Wildman–Crippen MR) is 171 cm³/mol. The Morgan fingerprint density at radius 2 is 1.91 bits per heavy atom.